The van der Waals surface area contributed by atoms with Crippen LogP contribution in [-0.2, 0) is 16.9 Å². The van der Waals surface area contributed by atoms with Gasteiger partial charge in [0.15, 0.2) is 0 Å². The average Bonchev–Trinajstić information content (AvgIpc) is 2.07. The van der Waals surface area contributed by atoms with E-state index in [0.29, 0.717) is 5.56 Å². The summed E-state index contributed by atoms with van der Waals surface area (Å²) in [6, 6.07) is 4.88. The minimum Gasteiger partial charge on any atom is -0.380 e. The third kappa shape index (κ3) is 2.53. The van der Waals surface area contributed by atoms with Crippen LogP contribution in [0.4, 0.5) is 4.39 Å². The molecule has 0 amide bonds. The summed E-state index contributed by atoms with van der Waals surface area (Å²) in [7, 11) is 1.54. The molecule has 0 saturated heterocycles. The largest absolute Gasteiger partial charge is 0.380 e. The first-order chi connectivity index (χ1) is 6.45. The highest BCUT2D eigenvalue weighted by Crippen LogP contribution is 2.20. The van der Waals surface area contributed by atoms with E-state index >= 15 is 0 Å². The van der Waals surface area contributed by atoms with Gasteiger partial charge in [0, 0.05) is 18.2 Å². The highest BCUT2D eigenvalue weighted by molar-refractivity contribution is 5.29. The standard InChI is InChI=1S/C11H16FNO/c1-11(2,13)9-4-5-10(12)8(6-9)7-14-3/h4-6H,7,13H2,1-3H3. The first-order valence-corrected chi connectivity index (χ1v) is 4.52. The monoisotopic (exact) mass is 197 g/mol. The molecule has 78 valence electrons. The van der Waals surface area contributed by atoms with Gasteiger partial charge in [0.1, 0.15) is 5.82 Å². The number of nitrogens with two attached hydrogens (primary N) is 1. The Hall–Kier alpha value is -0.930. The molecule has 0 fully saturated rings. The normalized spacial score (nSPS) is 11.8. The Labute approximate surface area is 83.9 Å². The van der Waals surface area contributed by atoms with Crippen LogP contribution in [0, 0.1) is 5.82 Å². The van der Waals surface area contributed by atoms with Crippen LogP contribution in [0.3, 0.4) is 0 Å². The van der Waals surface area contributed by atoms with Crippen molar-refractivity contribution in [2.75, 3.05) is 7.11 Å². The van der Waals surface area contributed by atoms with Crippen LogP contribution in [-0.4, -0.2) is 7.11 Å². The van der Waals surface area contributed by atoms with Gasteiger partial charge >= 0.3 is 0 Å². The van der Waals surface area contributed by atoms with Gasteiger partial charge in [-0.1, -0.05) is 6.07 Å². The number of ether oxygens (including phenoxy) is 1. The molecule has 0 radical (unpaired) electrons. The Morgan fingerprint density at radius 2 is 2.07 bits per heavy atom. The maximum Gasteiger partial charge on any atom is 0.128 e. The van der Waals surface area contributed by atoms with Crippen molar-refractivity contribution in [3.8, 4) is 0 Å². The lowest BCUT2D eigenvalue weighted by molar-refractivity contribution is 0.181. The van der Waals surface area contributed by atoms with E-state index in [0.717, 1.165) is 5.56 Å². The molecule has 0 aromatic heterocycles. The first-order valence-electron chi connectivity index (χ1n) is 4.52. The second-order valence-electron chi connectivity index (χ2n) is 3.96. The van der Waals surface area contributed by atoms with Crippen molar-refractivity contribution in [1.82, 2.24) is 0 Å². The zero-order valence-electron chi connectivity index (χ0n) is 8.80. The summed E-state index contributed by atoms with van der Waals surface area (Å²) in [5, 5.41) is 0. The molecule has 0 aliphatic rings. The third-order valence-electron chi connectivity index (χ3n) is 2.09. The molecule has 2 N–H and O–H groups in total. The van der Waals surface area contributed by atoms with E-state index in [4.69, 9.17) is 10.5 Å². The predicted octanol–water partition coefficient (Wildman–Crippen LogP) is 2.17. The van der Waals surface area contributed by atoms with Crippen molar-refractivity contribution in [3.05, 3.63) is 35.1 Å². The molecular formula is C11H16FNO. The number of rotatable bonds is 3. The van der Waals surface area contributed by atoms with Crippen molar-refractivity contribution < 1.29 is 9.13 Å². The molecule has 3 heteroatoms. The summed E-state index contributed by atoms with van der Waals surface area (Å²) in [6.45, 7) is 4.05. The second-order valence-corrected chi connectivity index (χ2v) is 3.96. The van der Waals surface area contributed by atoms with E-state index in [2.05, 4.69) is 0 Å². The molecule has 0 spiro atoms. The van der Waals surface area contributed by atoms with Gasteiger partial charge in [-0.15, -0.1) is 0 Å². The maximum absolute atomic E-state index is 13.2. The predicted molar refractivity (Wildman–Crippen MR) is 54.3 cm³/mol. The van der Waals surface area contributed by atoms with Crippen molar-refractivity contribution in [2.24, 2.45) is 5.73 Å². The van der Waals surface area contributed by atoms with Gasteiger partial charge < -0.3 is 10.5 Å². The maximum atomic E-state index is 13.2. The lowest BCUT2D eigenvalue weighted by Crippen LogP contribution is -2.28. The average molecular weight is 197 g/mol. The molecule has 0 bridgehead atoms. The Morgan fingerprint density at radius 3 is 2.57 bits per heavy atom. The van der Waals surface area contributed by atoms with Crippen molar-refractivity contribution in [1.29, 1.82) is 0 Å². The lowest BCUT2D eigenvalue weighted by Gasteiger charge is -2.20. The highest BCUT2D eigenvalue weighted by Gasteiger charge is 2.15. The van der Waals surface area contributed by atoms with Gasteiger partial charge in [-0.2, -0.15) is 0 Å². The van der Waals surface area contributed by atoms with Crippen LogP contribution >= 0.6 is 0 Å². The Morgan fingerprint density at radius 1 is 1.43 bits per heavy atom. The summed E-state index contributed by atoms with van der Waals surface area (Å²) in [5.74, 6) is -0.250. The number of benzene rings is 1. The zero-order chi connectivity index (χ0) is 10.8. The summed E-state index contributed by atoms with van der Waals surface area (Å²) in [4.78, 5) is 0. The van der Waals surface area contributed by atoms with Crippen LogP contribution in [0.15, 0.2) is 18.2 Å². The Balaban J connectivity index is 3.06. The van der Waals surface area contributed by atoms with Crippen LogP contribution < -0.4 is 5.73 Å². The van der Waals surface area contributed by atoms with E-state index in [1.807, 2.05) is 13.8 Å². The molecular weight excluding hydrogens is 181 g/mol. The summed E-state index contributed by atoms with van der Waals surface area (Å²) < 4.78 is 18.1. The summed E-state index contributed by atoms with van der Waals surface area (Å²) in [5.41, 5.74) is 6.91. The van der Waals surface area contributed by atoms with Crippen LogP contribution in [0.1, 0.15) is 25.0 Å². The highest BCUT2D eigenvalue weighted by atomic mass is 19.1. The Kier molecular flexibility index (Phi) is 3.24. The second kappa shape index (κ2) is 4.07. The van der Waals surface area contributed by atoms with Gasteiger partial charge in [-0.05, 0) is 31.5 Å². The summed E-state index contributed by atoms with van der Waals surface area (Å²) in [6.07, 6.45) is 0. The quantitative estimate of drug-likeness (QED) is 0.806. The molecule has 14 heavy (non-hydrogen) atoms. The van der Waals surface area contributed by atoms with E-state index in [-0.39, 0.29) is 12.4 Å². The van der Waals surface area contributed by atoms with Gasteiger partial charge in [0.05, 0.1) is 6.61 Å². The minimum absolute atomic E-state index is 0.250. The van der Waals surface area contributed by atoms with E-state index in [1.165, 1.54) is 6.07 Å². The zero-order valence-corrected chi connectivity index (χ0v) is 8.80. The van der Waals surface area contributed by atoms with E-state index in [1.54, 1.807) is 19.2 Å². The molecule has 0 aliphatic carbocycles. The topological polar surface area (TPSA) is 35.2 Å². The Bertz CT molecular complexity index is 318. The first kappa shape index (κ1) is 11.1. The molecule has 0 unspecified atom stereocenters. The third-order valence-corrected chi connectivity index (χ3v) is 2.09. The van der Waals surface area contributed by atoms with Crippen molar-refractivity contribution in [3.63, 3.8) is 0 Å². The molecule has 0 heterocycles. The SMILES string of the molecule is COCc1cc(C(C)(C)N)ccc1F. The number of hydrogen-bond acceptors (Lipinski definition) is 2. The van der Waals surface area contributed by atoms with Crippen LogP contribution in [0.25, 0.3) is 0 Å². The van der Waals surface area contributed by atoms with Gasteiger partial charge in [-0.25, -0.2) is 4.39 Å². The summed E-state index contributed by atoms with van der Waals surface area (Å²) >= 11 is 0. The smallest absolute Gasteiger partial charge is 0.128 e. The lowest BCUT2D eigenvalue weighted by atomic mass is 9.94. The molecule has 1 rings (SSSR count). The van der Waals surface area contributed by atoms with E-state index in [9.17, 15) is 4.39 Å². The fraction of sp³-hybridized carbons (Fsp3) is 0.455. The van der Waals surface area contributed by atoms with Crippen LogP contribution in [0.2, 0.25) is 0 Å². The van der Waals surface area contributed by atoms with Crippen molar-refractivity contribution >= 4 is 0 Å². The number of halogens is 1. The molecule has 0 aliphatic heterocycles. The van der Waals surface area contributed by atoms with Gasteiger partial charge in [0.2, 0.25) is 0 Å². The van der Waals surface area contributed by atoms with E-state index < -0.39 is 5.54 Å². The van der Waals surface area contributed by atoms with Crippen molar-refractivity contribution in [2.45, 2.75) is 26.0 Å². The molecule has 1 aromatic rings. The fourth-order valence-corrected chi connectivity index (χ4v) is 1.24. The molecule has 0 atom stereocenters. The van der Waals surface area contributed by atoms with Crippen LogP contribution in [0.5, 0.6) is 0 Å². The van der Waals surface area contributed by atoms with Gasteiger partial charge in [0.25, 0.3) is 0 Å². The molecule has 0 saturated carbocycles. The van der Waals surface area contributed by atoms with Gasteiger partial charge in [-0.3, -0.25) is 0 Å². The molecule has 2 nitrogen and oxygen atoms in total. The number of methoxy groups -OCH3 is 1. The molecule has 1 aromatic carbocycles. The fourth-order valence-electron chi connectivity index (χ4n) is 1.24. The minimum atomic E-state index is -0.448. The number of hydrogen-bond donors (Lipinski definition) is 1.